The normalized spacial score (nSPS) is 15.5. The molecule has 0 aromatic heterocycles. The fourth-order valence-electron chi connectivity index (χ4n) is 1.62. The van der Waals surface area contributed by atoms with E-state index in [1.54, 1.807) is 10.6 Å². The quantitative estimate of drug-likeness (QED) is 0.713. The summed E-state index contributed by atoms with van der Waals surface area (Å²) < 4.78 is 0. The summed E-state index contributed by atoms with van der Waals surface area (Å²) in [6, 6.07) is 9.09. The van der Waals surface area contributed by atoms with Gasteiger partial charge < -0.3 is 0 Å². The largest absolute Gasteiger partial charge is 0.0752 e. The van der Waals surface area contributed by atoms with Crippen LogP contribution < -0.4 is 10.6 Å². The van der Waals surface area contributed by atoms with Gasteiger partial charge in [-0.2, -0.15) is 0 Å². The van der Waals surface area contributed by atoms with Gasteiger partial charge in [0.1, 0.15) is 0 Å². The van der Waals surface area contributed by atoms with Crippen molar-refractivity contribution < 1.29 is 0 Å². The molecular weight excluding hydrogens is 230 g/mol. The van der Waals surface area contributed by atoms with Crippen molar-refractivity contribution in [1.29, 1.82) is 0 Å². The number of rotatable bonds is 4. The Labute approximate surface area is 103 Å². The van der Waals surface area contributed by atoms with Crippen LogP contribution in [0.3, 0.4) is 0 Å². The Bertz CT molecular complexity index is 298. The average molecular weight is 254 g/mol. The smallest absolute Gasteiger partial charge is 0.0164 e. The van der Waals surface area contributed by atoms with Crippen molar-refractivity contribution in [3.63, 3.8) is 0 Å². The van der Waals surface area contributed by atoms with Crippen molar-refractivity contribution in [2.45, 2.75) is 39.0 Å². The zero-order valence-electron chi connectivity index (χ0n) is 11.4. The highest BCUT2D eigenvalue weighted by atomic mass is 31.1. The first-order valence-corrected chi connectivity index (χ1v) is 9.71. The van der Waals surface area contributed by atoms with Crippen LogP contribution in [0.4, 0.5) is 0 Å². The van der Waals surface area contributed by atoms with Gasteiger partial charge in [0.05, 0.1) is 0 Å². The van der Waals surface area contributed by atoms with Gasteiger partial charge in [0, 0.05) is 0 Å². The van der Waals surface area contributed by atoms with Crippen molar-refractivity contribution in [2.24, 2.45) is 0 Å². The van der Waals surface area contributed by atoms with E-state index in [-0.39, 0.29) is 15.8 Å². The predicted molar refractivity (Wildman–Crippen MR) is 81.7 cm³/mol. The lowest BCUT2D eigenvalue weighted by Gasteiger charge is -2.25. The molecule has 16 heavy (non-hydrogen) atoms. The summed E-state index contributed by atoms with van der Waals surface area (Å²) in [7, 11) is 0.00704. The molecule has 0 heterocycles. The Morgan fingerprint density at radius 2 is 1.06 bits per heavy atom. The highest BCUT2D eigenvalue weighted by Crippen LogP contribution is 2.41. The van der Waals surface area contributed by atoms with Crippen LogP contribution in [0, 0.1) is 0 Å². The second-order valence-electron chi connectivity index (χ2n) is 4.90. The Hall–Kier alpha value is 0.0800. The predicted octanol–water partition coefficient (Wildman–Crippen LogP) is 3.98. The molecule has 90 valence electrons. The van der Waals surface area contributed by atoms with Crippen molar-refractivity contribution in [2.75, 3.05) is 13.3 Å². The summed E-state index contributed by atoms with van der Waals surface area (Å²) in [6.45, 7) is 14.2. The Morgan fingerprint density at radius 3 is 1.31 bits per heavy atom. The van der Waals surface area contributed by atoms with E-state index in [9.17, 15) is 0 Å². The monoisotopic (exact) mass is 254 g/mol. The van der Waals surface area contributed by atoms with E-state index in [0.717, 1.165) is 11.3 Å². The van der Waals surface area contributed by atoms with Crippen molar-refractivity contribution in [1.82, 2.24) is 0 Å². The number of hydrogen-bond acceptors (Lipinski definition) is 0. The molecule has 0 aliphatic rings. The third-order valence-electron chi connectivity index (χ3n) is 3.19. The molecule has 2 atom stereocenters. The third-order valence-corrected chi connectivity index (χ3v) is 8.77. The molecule has 0 spiro atoms. The molecule has 0 fully saturated rings. The minimum atomic E-state index is 0.00352. The maximum atomic E-state index is 2.42. The van der Waals surface area contributed by atoms with E-state index < -0.39 is 0 Å². The SMILES string of the molecule is CC(C)[P@@](C)c1ccccc1[P@](C)C(C)C. The number of benzene rings is 1. The van der Waals surface area contributed by atoms with Gasteiger partial charge in [-0.1, -0.05) is 67.8 Å². The summed E-state index contributed by atoms with van der Waals surface area (Å²) in [5, 5.41) is 3.27. The summed E-state index contributed by atoms with van der Waals surface area (Å²) in [4.78, 5) is 0. The first-order chi connectivity index (χ1) is 7.45. The Morgan fingerprint density at radius 1 is 0.750 bits per heavy atom. The molecule has 1 aromatic carbocycles. The maximum Gasteiger partial charge on any atom is -0.0164 e. The topological polar surface area (TPSA) is 0 Å². The van der Waals surface area contributed by atoms with Crippen LogP contribution in [0.2, 0.25) is 0 Å². The lowest BCUT2D eigenvalue weighted by molar-refractivity contribution is 1.10. The summed E-state index contributed by atoms with van der Waals surface area (Å²) in [5.41, 5.74) is 1.57. The van der Waals surface area contributed by atoms with E-state index >= 15 is 0 Å². The molecule has 0 saturated heterocycles. The molecule has 1 rings (SSSR count). The molecule has 0 aliphatic heterocycles. The molecule has 0 nitrogen and oxygen atoms in total. The Balaban J connectivity index is 3.09. The summed E-state index contributed by atoms with van der Waals surface area (Å²) >= 11 is 0. The molecule has 2 heteroatoms. The highest BCUT2D eigenvalue weighted by molar-refractivity contribution is 7.71. The van der Waals surface area contributed by atoms with Gasteiger partial charge in [0.25, 0.3) is 0 Å². The van der Waals surface area contributed by atoms with Crippen LogP contribution in [0.25, 0.3) is 0 Å². The third kappa shape index (κ3) is 3.28. The molecule has 0 amide bonds. The van der Waals surface area contributed by atoms with E-state index in [1.165, 1.54) is 0 Å². The van der Waals surface area contributed by atoms with E-state index in [4.69, 9.17) is 0 Å². The Kier molecular flexibility index (Phi) is 5.42. The van der Waals surface area contributed by atoms with Crippen molar-refractivity contribution in [3.8, 4) is 0 Å². The summed E-state index contributed by atoms with van der Waals surface area (Å²) in [5.74, 6) is 0. The van der Waals surface area contributed by atoms with Crippen molar-refractivity contribution in [3.05, 3.63) is 24.3 Å². The average Bonchev–Trinajstić information content (AvgIpc) is 2.26. The molecule has 0 saturated carbocycles. The van der Waals surface area contributed by atoms with Crippen LogP contribution in [-0.4, -0.2) is 24.6 Å². The minimum Gasteiger partial charge on any atom is -0.0752 e. The lowest BCUT2D eigenvalue weighted by Crippen LogP contribution is -2.25. The minimum absolute atomic E-state index is 0.00352. The molecule has 0 unspecified atom stereocenters. The summed E-state index contributed by atoms with van der Waals surface area (Å²) in [6.07, 6.45) is 0. The molecule has 0 radical (unpaired) electrons. The van der Waals surface area contributed by atoms with E-state index in [2.05, 4.69) is 65.3 Å². The van der Waals surface area contributed by atoms with Crippen molar-refractivity contribution >= 4 is 26.5 Å². The zero-order valence-corrected chi connectivity index (χ0v) is 13.1. The van der Waals surface area contributed by atoms with Gasteiger partial charge in [0.2, 0.25) is 0 Å². The van der Waals surface area contributed by atoms with Gasteiger partial charge in [-0.25, -0.2) is 0 Å². The second kappa shape index (κ2) is 6.13. The van der Waals surface area contributed by atoms with Gasteiger partial charge in [-0.05, 0) is 35.3 Å². The molecule has 0 aliphatic carbocycles. The van der Waals surface area contributed by atoms with Gasteiger partial charge in [0.15, 0.2) is 0 Å². The van der Waals surface area contributed by atoms with Crippen LogP contribution in [0.1, 0.15) is 27.7 Å². The fourth-order valence-corrected chi connectivity index (χ4v) is 5.19. The van der Waals surface area contributed by atoms with E-state index in [1.807, 2.05) is 0 Å². The van der Waals surface area contributed by atoms with Crippen LogP contribution >= 0.6 is 15.8 Å². The molecular formula is C14H24P2. The molecule has 0 bridgehead atoms. The molecule has 0 N–H and O–H groups in total. The van der Waals surface area contributed by atoms with Crippen LogP contribution in [0.15, 0.2) is 24.3 Å². The zero-order chi connectivity index (χ0) is 12.3. The van der Waals surface area contributed by atoms with Gasteiger partial charge >= 0.3 is 0 Å². The first kappa shape index (κ1) is 14.1. The van der Waals surface area contributed by atoms with Gasteiger partial charge in [-0.15, -0.1) is 0 Å². The lowest BCUT2D eigenvalue weighted by atomic mass is 10.4. The standard InChI is InChI=1S/C14H24P2/c1-11(2)15(5)13-9-7-8-10-14(13)16(6)12(3)4/h7-12H,1-6H3/t15-,16-/m1/s1. The number of hydrogen-bond donors (Lipinski definition) is 0. The maximum absolute atomic E-state index is 2.42. The molecule has 1 aromatic rings. The van der Waals surface area contributed by atoms with Crippen LogP contribution in [0.5, 0.6) is 0 Å². The van der Waals surface area contributed by atoms with Gasteiger partial charge in [-0.3, -0.25) is 0 Å². The van der Waals surface area contributed by atoms with Crippen LogP contribution in [-0.2, 0) is 0 Å². The second-order valence-corrected chi connectivity index (χ2v) is 10.4. The first-order valence-electron chi connectivity index (χ1n) is 5.99. The van der Waals surface area contributed by atoms with E-state index in [0.29, 0.717) is 0 Å². The highest BCUT2D eigenvalue weighted by Gasteiger charge is 2.18. The fraction of sp³-hybridized carbons (Fsp3) is 0.571.